The van der Waals surface area contributed by atoms with Gasteiger partial charge in [-0.15, -0.1) is 0 Å². The molecule has 0 radical (unpaired) electrons. The number of benzene rings is 2. The van der Waals surface area contributed by atoms with Gasteiger partial charge in [0.25, 0.3) is 0 Å². The Morgan fingerprint density at radius 2 is 1.85 bits per heavy atom. The molecule has 0 saturated heterocycles. The van der Waals surface area contributed by atoms with E-state index in [1.54, 1.807) is 30.3 Å². The van der Waals surface area contributed by atoms with E-state index < -0.39 is 29.2 Å². The number of aromatic nitrogens is 2. The van der Waals surface area contributed by atoms with Gasteiger partial charge in [-0.2, -0.15) is 0 Å². The SMILES string of the molecule is Nc1cc(Oc2cc(F)c(N(Cc3ccccc3)C(=O)O)cc2F)ncn1. The first-order valence-electron chi connectivity index (χ1n) is 7.73. The highest BCUT2D eigenvalue weighted by atomic mass is 19.1. The Kier molecular flexibility index (Phi) is 5.11. The first-order chi connectivity index (χ1) is 12.9. The molecule has 1 heterocycles. The number of anilines is 2. The van der Waals surface area contributed by atoms with Crippen molar-refractivity contribution in [2.75, 3.05) is 10.6 Å². The van der Waals surface area contributed by atoms with Crippen LogP contribution < -0.4 is 15.4 Å². The van der Waals surface area contributed by atoms with Crippen molar-refractivity contribution in [1.29, 1.82) is 0 Å². The zero-order valence-corrected chi connectivity index (χ0v) is 13.8. The number of nitrogens with two attached hydrogens (primary N) is 1. The molecule has 0 fully saturated rings. The molecule has 0 aliphatic carbocycles. The molecule has 0 saturated carbocycles. The highest BCUT2D eigenvalue weighted by molar-refractivity contribution is 5.86. The molecule has 0 unspecified atom stereocenters. The maximum absolute atomic E-state index is 14.5. The van der Waals surface area contributed by atoms with Crippen molar-refractivity contribution in [3.63, 3.8) is 0 Å². The molecule has 0 atom stereocenters. The quantitative estimate of drug-likeness (QED) is 0.706. The summed E-state index contributed by atoms with van der Waals surface area (Å²) in [6.07, 6.45) is -0.311. The lowest BCUT2D eigenvalue weighted by atomic mass is 10.2. The molecule has 0 bridgehead atoms. The van der Waals surface area contributed by atoms with Crippen LogP contribution in [0, 0.1) is 11.6 Å². The fourth-order valence-corrected chi connectivity index (χ4v) is 2.35. The van der Waals surface area contributed by atoms with Crippen molar-refractivity contribution >= 4 is 17.6 Å². The topological polar surface area (TPSA) is 102 Å². The number of ether oxygens (including phenoxy) is 1. The van der Waals surface area contributed by atoms with Gasteiger partial charge in [-0.25, -0.2) is 23.5 Å². The first kappa shape index (κ1) is 18.1. The van der Waals surface area contributed by atoms with Crippen LogP contribution in [0.15, 0.2) is 54.9 Å². The predicted molar refractivity (Wildman–Crippen MR) is 93.5 cm³/mol. The molecule has 1 amide bonds. The lowest BCUT2D eigenvalue weighted by molar-refractivity contribution is 0.201. The number of hydrogen-bond acceptors (Lipinski definition) is 5. The summed E-state index contributed by atoms with van der Waals surface area (Å²) in [5.41, 5.74) is 5.67. The van der Waals surface area contributed by atoms with Crippen LogP contribution >= 0.6 is 0 Å². The van der Waals surface area contributed by atoms with E-state index in [9.17, 15) is 18.7 Å². The van der Waals surface area contributed by atoms with Gasteiger partial charge in [0, 0.05) is 18.2 Å². The van der Waals surface area contributed by atoms with Gasteiger partial charge in [0.1, 0.15) is 12.1 Å². The van der Waals surface area contributed by atoms with Crippen LogP contribution in [0.5, 0.6) is 11.6 Å². The Bertz CT molecular complexity index is 970. The summed E-state index contributed by atoms with van der Waals surface area (Å²) in [4.78, 5) is 19.7. The Morgan fingerprint density at radius 3 is 2.52 bits per heavy atom. The number of nitrogen functional groups attached to an aromatic ring is 1. The third-order valence-electron chi connectivity index (χ3n) is 3.58. The van der Waals surface area contributed by atoms with E-state index in [1.165, 1.54) is 6.07 Å². The molecular weight excluding hydrogens is 358 g/mol. The van der Waals surface area contributed by atoms with Crippen LogP contribution in [0.25, 0.3) is 0 Å². The average molecular weight is 372 g/mol. The minimum absolute atomic E-state index is 0.0760. The van der Waals surface area contributed by atoms with E-state index in [0.29, 0.717) is 10.5 Å². The van der Waals surface area contributed by atoms with Crippen molar-refractivity contribution in [3.8, 4) is 11.6 Å². The van der Waals surface area contributed by atoms with E-state index >= 15 is 0 Å². The van der Waals surface area contributed by atoms with Crippen LogP contribution in [-0.4, -0.2) is 21.2 Å². The van der Waals surface area contributed by atoms with Crippen molar-refractivity contribution in [2.45, 2.75) is 6.54 Å². The summed E-state index contributed by atoms with van der Waals surface area (Å²) in [6, 6.07) is 11.3. The molecule has 138 valence electrons. The third-order valence-corrected chi connectivity index (χ3v) is 3.58. The van der Waals surface area contributed by atoms with Gasteiger partial charge in [0.2, 0.25) is 5.88 Å². The lowest BCUT2D eigenvalue weighted by Crippen LogP contribution is -2.29. The second kappa shape index (κ2) is 7.65. The minimum Gasteiger partial charge on any atom is -0.465 e. The van der Waals surface area contributed by atoms with Crippen LogP contribution in [0.1, 0.15) is 5.56 Å². The van der Waals surface area contributed by atoms with Gasteiger partial charge in [-0.3, -0.25) is 4.90 Å². The Labute approximate surface area is 152 Å². The van der Waals surface area contributed by atoms with E-state index in [-0.39, 0.29) is 18.2 Å². The summed E-state index contributed by atoms with van der Waals surface area (Å²) in [5.74, 6) is -2.36. The summed E-state index contributed by atoms with van der Waals surface area (Å²) >= 11 is 0. The summed E-state index contributed by atoms with van der Waals surface area (Å²) in [5, 5.41) is 9.41. The molecule has 27 heavy (non-hydrogen) atoms. The van der Waals surface area contributed by atoms with Crippen LogP contribution in [-0.2, 0) is 6.54 Å². The molecule has 2 aromatic carbocycles. The molecule has 7 nitrogen and oxygen atoms in total. The maximum Gasteiger partial charge on any atom is 0.412 e. The smallest absolute Gasteiger partial charge is 0.412 e. The molecule has 0 aliphatic heterocycles. The number of carboxylic acid groups (broad SMARTS) is 1. The zero-order chi connectivity index (χ0) is 19.4. The van der Waals surface area contributed by atoms with Crippen molar-refractivity contribution < 1.29 is 23.4 Å². The largest absolute Gasteiger partial charge is 0.465 e. The number of nitrogens with zero attached hydrogens (tertiary/aromatic N) is 3. The Hall–Kier alpha value is -3.75. The zero-order valence-electron chi connectivity index (χ0n) is 13.8. The van der Waals surface area contributed by atoms with Crippen LogP contribution in [0.2, 0.25) is 0 Å². The first-order valence-corrected chi connectivity index (χ1v) is 7.73. The summed E-state index contributed by atoms with van der Waals surface area (Å²) in [6.45, 7) is -0.144. The highest BCUT2D eigenvalue weighted by Gasteiger charge is 2.22. The van der Waals surface area contributed by atoms with Crippen LogP contribution in [0.3, 0.4) is 0 Å². The van der Waals surface area contributed by atoms with Gasteiger partial charge < -0.3 is 15.6 Å². The molecule has 0 spiro atoms. The van der Waals surface area contributed by atoms with Gasteiger partial charge >= 0.3 is 6.09 Å². The molecule has 3 aromatic rings. The standard InChI is InChI=1S/C18H14F2N4O3/c19-12-7-15(27-17-8-16(21)22-10-23-17)13(20)6-14(12)24(18(25)26)9-11-4-2-1-3-5-11/h1-8,10H,9H2,(H,25,26)(H2,21,22,23). The third kappa shape index (κ3) is 4.27. The van der Waals surface area contributed by atoms with E-state index in [4.69, 9.17) is 10.5 Å². The van der Waals surface area contributed by atoms with E-state index in [1.807, 2.05) is 0 Å². The molecule has 3 N–H and O–H groups in total. The second-order valence-electron chi connectivity index (χ2n) is 5.47. The monoisotopic (exact) mass is 372 g/mol. The predicted octanol–water partition coefficient (Wildman–Crippen LogP) is 3.81. The fourth-order valence-electron chi connectivity index (χ4n) is 2.35. The Balaban J connectivity index is 1.91. The molecule has 1 aromatic heterocycles. The summed E-state index contributed by atoms with van der Waals surface area (Å²) < 4.78 is 34.1. The second-order valence-corrected chi connectivity index (χ2v) is 5.47. The minimum atomic E-state index is -1.42. The molecule has 0 aliphatic rings. The van der Waals surface area contributed by atoms with Crippen LogP contribution in [0.4, 0.5) is 25.1 Å². The van der Waals surface area contributed by atoms with E-state index in [2.05, 4.69) is 9.97 Å². The van der Waals surface area contributed by atoms with E-state index in [0.717, 1.165) is 18.5 Å². The number of halogens is 2. The normalized spacial score (nSPS) is 10.4. The molecule has 9 heteroatoms. The highest BCUT2D eigenvalue weighted by Crippen LogP contribution is 2.31. The number of hydrogen-bond donors (Lipinski definition) is 2. The van der Waals surface area contributed by atoms with Gasteiger partial charge in [-0.1, -0.05) is 30.3 Å². The average Bonchev–Trinajstić information content (AvgIpc) is 2.63. The van der Waals surface area contributed by atoms with Gasteiger partial charge in [0.15, 0.2) is 17.4 Å². The fraction of sp³-hybridized carbons (Fsp3) is 0.0556. The summed E-state index contributed by atoms with van der Waals surface area (Å²) in [7, 11) is 0. The molecular formula is C18H14F2N4O3. The van der Waals surface area contributed by atoms with Crippen molar-refractivity contribution in [3.05, 3.63) is 72.1 Å². The number of rotatable bonds is 5. The van der Waals surface area contributed by atoms with Crippen molar-refractivity contribution in [1.82, 2.24) is 9.97 Å². The van der Waals surface area contributed by atoms with Crippen molar-refractivity contribution in [2.24, 2.45) is 0 Å². The number of amides is 1. The van der Waals surface area contributed by atoms with Gasteiger partial charge in [0.05, 0.1) is 12.2 Å². The maximum atomic E-state index is 14.5. The molecule has 3 rings (SSSR count). The number of carbonyl (C=O) groups is 1. The lowest BCUT2D eigenvalue weighted by Gasteiger charge is -2.20. The van der Waals surface area contributed by atoms with Gasteiger partial charge in [-0.05, 0) is 5.56 Å². The Morgan fingerprint density at radius 1 is 1.11 bits per heavy atom.